The quantitative estimate of drug-likeness (QED) is 0.898. The minimum absolute atomic E-state index is 0.216. The number of benzene rings is 2. The third-order valence-electron chi connectivity index (χ3n) is 2.91. The molecule has 0 saturated heterocycles. The molecule has 0 spiro atoms. The molecule has 0 atom stereocenters. The van der Waals surface area contributed by atoms with Gasteiger partial charge in [-0.05, 0) is 42.3 Å². The summed E-state index contributed by atoms with van der Waals surface area (Å²) in [6, 6.07) is 7.78. The normalized spacial score (nSPS) is 10.4. The van der Waals surface area contributed by atoms with Gasteiger partial charge in [-0.3, -0.25) is 0 Å². The minimum atomic E-state index is -0.974. The lowest BCUT2D eigenvalue weighted by Crippen LogP contribution is -2.03. The lowest BCUT2D eigenvalue weighted by Gasteiger charge is -2.12. The van der Waals surface area contributed by atoms with E-state index in [0.717, 1.165) is 23.4 Å². The maximum Gasteiger partial charge on any atom is 0.187 e. The second-order valence-electron chi connectivity index (χ2n) is 4.47. The zero-order valence-corrected chi connectivity index (χ0v) is 11.2. The summed E-state index contributed by atoms with van der Waals surface area (Å²) in [5.41, 5.74) is 2.17. The van der Waals surface area contributed by atoms with Crippen molar-refractivity contribution in [3.63, 3.8) is 0 Å². The van der Waals surface area contributed by atoms with E-state index in [2.05, 4.69) is 5.32 Å². The molecule has 0 heterocycles. The predicted octanol–water partition coefficient (Wildman–Crippen LogP) is 3.60. The number of nitrogens with one attached hydrogen (secondary N) is 1. The van der Waals surface area contributed by atoms with Crippen LogP contribution in [0, 0.1) is 18.6 Å². The highest BCUT2D eigenvalue weighted by molar-refractivity contribution is 5.58. The Hall–Kier alpha value is -2.30. The summed E-state index contributed by atoms with van der Waals surface area (Å²) >= 11 is 0. The van der Waals surface area contributed by atoms with Gasteiger partial charge in [-0.25, -0.2) is 8.78 Å². The van der Waals surface area contributed by atoms with Crippen LogP contribution in [0.5, 0.6) is 11.5 Å². The van der Waals surface area contributed by atoms with Gasteiger partial charge in [0.15, 0.2) is 17.4 Å². The van der Waals surface area contributed by atoms with Gasteiger partial charge in [0, 0.05) is 6.54 Å². The molecular weight excluding hydrogens is 264 g/mol. The average molecular weight is 279 g/mol. The van der Waals surface area contributed by atoms with Crippen LogP contribution in [0.3, 0.4) is 0 Å². The molecule has 0 saturated carbocycles. The van der Waals surface area contributed by atoms with Gasteiger partial charge >= 0.3 is 0 Å². The van der Waals surface area contributed by atoms with Gasteiger partial charge in [0.05, 0.1) is 12.8 Å². The van der Waals surface area contributed by atoms with Gasteiger partial charge in [0.1, 0.15) is 5.75 Å². The maximum absolute atomic E-state index is 13.2. The van der Waals surface area contributed by atoms with Gasteiger partial charge in [-0.1, -0.05) is 6.07 Å². The molecule has 0 amide bonds. The molecule has 0 aliphatic heterocycles. The summed E-state index contributed by atoms with van der Waals surface area (Å²) in [6.45, 7) is 2.15. The molecule has 3 nitrogen and oxygen atoms in total. The predicted molar refractivity (Wildman–Crippen MR) is 73.1 cm³/mol. The summed E-state index contributed by atoms with van der Waals surface area (Å²) in [7, 11) is 1.55. The number of hydrogen-bond acceptors (Lipinski definition) is 3. The lowest BCUT2D eigenvalue weighted by molar-refractivity contribution is 0.395. The second-order valence-corrected chi connectivity index (χ2v) is 4.47. The Morgan fingerprint density at radius 1 is 1.15 bits per heavy atom. The van der Waals surface area contributed by atoms with Gasteiger partial charge < -0.3 is 15.2 Å². The monoisotopic (exact) mass is 279 g/mol. The third-order valence-corrected chi connectivity index (χ3v) is 2.91. The van der Waals surface area contributed by atoms with Crippen molar-refractivity contribution in [2.75, 3.05) is 12.4 Å². The van der Waals surface area contributed by atoms with Gasteiger partial charge in [-0.15, -0.1) is 0 Å². The molecule has 2 aromatic carbocycles. The van der Waals surface area contributed by atoms with E-state index in [4.69, 9.17) is 9.84 Å². The SMILES string of the molecule is COc1ccc(C)cc1NCc1cc(F)c(O)c(F)c1. The van der Waals surface area contributed by atoms with Crippen LogP contribution in [0.15, 0.2) is 30.3 Å². The molecule has 0 aliphatic carbocycles. The van der Waals surface area contributed by atoms with Crippen LogP contribution >= 0.6 is 0 Å². The molecule has 5 heteroatoms. The minimum Gasteiger partial charge on any atom is -0.503 e. The fraction of sp³-hybridized carbons (Fsp3) is 0.200. The Bertz CT molecular complexity index is 606. The number of rotatable bonds is 4. The Morgan fingerprint density at radius 3 is 2.40 bits per heavy atom. The fourth-order valence-corrected chi connectivity index (χ4v) is 1.88. The van der Waals surface area contributed by atoms with Crippen molar-refractivity contribution >= 4 is 5.69 Å². The van der Waals surface area contributed by atoms with Crippen LogP contribution in [0.4, 0.5) is 14.5 Å². The molecule has 106 valence electrons. The molecule has 0 aliphatic rings. The maximum atomic E-state index is 13.2. The number of aryl methyl sites for hydroxylation is 1. The zero-order chi connectivity index (χ0) is 14.7. The Kier molecular flexibility index (Phi) is 4.08. The molecule has 20 heavy (non-hydrogen) atoms. The number of phenolic OH excluding ortho intramolecular Hbond substituents is 1. The summed E-state index contributed by atoms with van der Waals surface area (Å²) in [4.78, 5) is 0. The van der Waals surface area contributed by atoms with E-state index in [-0.39, 0.29) is 6.54 Å². The highest BCUT2D eigenvalue weighted by Crippen LogP contribution is 2.27. The van der Waals surface area contributed by atoms with Crippen LogP contribution in [0.2, 0.25) is 0 Å². The van der Waals surface area contributed by atoms with Crippen molar-refractivity contribution in [2.24, 2.45) is 0 Å². The molecule has 0 radical (unpaired) electrons. The molecule has 0 bridgehead atoms. The van der Waals surface area contributed by atoms with E-state index in [9.17, 15) is 8.78 Å². The second kappa shape index (κ2) is 5.77. The van der Waals surface area contributed by atoms with Crippen LogP contribution in [0.25, 0.3) is 0 Å². The number of hydrogen-bond donors (Lipinski definition) is 2. The molecule has 0 aromatic heterocycles. The van der Waals surface area contributed by atoms with Gasteiger partial charge in [0.25, 0.3) is 0 Å². The first kappa shape index (κ1) is 14.1. The van der Waals surface area contributed by atoms with E-state index < -0.39 is 17.4 Å². The highest BCUT2D eigenvalue weighted by atomic mass is 19.1. The zero-order valence-electron chi connectivity index (χ0n) is 11.2. The van der Waals surface area contributed by atoms with Gasteiger partial charge in [-0.2, -0.15) is 0 Å². The van der Waals surface area contributed by atoms with Crippen molar-refractivity contribution < 1.29 is 18.6 Å². The number of ether oxygens (including phenoxy) is 1. The van der Waals surface area contributed by atoms with Gasteiger partial charge in [0.2, 0.25) is 0 Å². The van der Waals surface area contributed by atoms with Crippen molar-refractivity contribution in [3.05, 3.63) is 53.1 Å². The fourth-order valence-electron chi connectivity index (χ4n) is 1.88. The van der Waals surface area contributed by atoms with Crippen LogP contribution in [-0.2, 0) is 6.54 Å². The van der Waals surface area contributed by atoms with Crippen LogP contribution in [-0.4, -0.2) is 12.2 Å². The first-order chi connectivity index (χ1) is 9.51. The van der Waals surface area contributed by atoms with E-state index in [1.807, 2.05) is 25.1 Å². The number of aromatic hydroxyl groups is 1. The first-order valence-corrected chi connectivity index (χ1v) is 6.06. The number of anilines is 1. The molecule has 0 unspecified atom stereocenters. The van der Waals surface area contributed by atoms with E-state index in [1.54, 1.807) is 7.11 Å². The van der Waals surface area contributed by atoms with E-state index in [1.165, 1.54) is 0 Å². The van der Waals surface area contributed by atoms with Crippen molar-refractivity contribution in [1.82, 2.24) is 0 Å². The first-order valence-electron chi connectivity index (χ1n) is 6.06. The standard InChI is InChI=1S/C15H15F2NO2/c1-9-3-4-14(20-2)13(5-9)18-8-10-6-11(16)15(19)12(17)7-10/h3-7,18-19H,8H2,1-2H3. The van der Waals surface area contributed by atoms with Crippen molar-refractivity contribution in [3.8, 4) is 11.5 Å². The Balaban J connectivity index is 2.18. The van der Waals surface area contributed by atoms with Crippen LogP contribution < -0.4 is 10.1 Å². The summed E-state index contributed by atoms with van der Waals surface area (Å²) in [6.07, 6.45) is 0. The highest BCUT2D eigenvalue weighted by Gasteiger charge is 2.10. The van der Waals surface area contributed by atoms with Crippen molar-refractivity contribution in [2.45, 2.75) is 13.5 Å². The van der Waals surface area contributed by atoms with E-state index >= 15 is 0 Å². The summed E-state index contributed by atoms with van der Waals surface area (Å²) in [5, 5.41) is 12.1. The molecular formula is C15H15F2NO2. The summed E-state index contributed by atoms with van der Waals surface area (Å²) in [5.74, 6) is -2.26. The Morgan fingerprint density at radius 2 is 1.80 bits per heavy atom. The molecule has 2 N–H and O–H groups in total. The Labute approximate surface area is 115 Å². The largest absolute Gasteiger partial charge is 0.503 e. The number of halogens is 2. The number of phenols is 1. The third kappa shape index (κ3) is 2.99. The smallest absolute Gasteiger partial charge is 0.187 e. The average Bonchev–Trinajstić information content (AvgIpc) is 2.42. The molecule has 2 aromatic rings. The van der Waals surface area contributed by atoms with Crippen LogP contribution in [0.1, 0.15) is 11.1 Å². The summed E-state index contributed by atoms with van der Waals surface area (Å²) < 4.78 is 31.7. The number of methoxy groups -OCH3 is 1. The molecule has 2 rings (SSSR count). The topological polar surface area (TPSA) is 41.5 Å². The lowest BCUT2D eigenvalue weighted by atomic mass is 10.1. The van der Waals surface area contributed by atoms with E-state index in [0.29, 0.717) is 11.3 Å². The van der Waals surface area contributed by atoms with Crippen molar-refractivity contribution in [1.29, 1.82) is 0 Å². The molecule has 0 fully saturated rings.